The first-order valence-corrected chi connectivity index (χ1v) is 11.5. The summed E-state index contributed by atoms with van der Waals surface area (Å²) in [5, 5.41) is 9.54. The number of nitrogens with zero attached hydrogens (tertiary/aromatic N) is 2. The Balaban J connectivity index is 1.38. The van der Waals surface area contributed by atoms with E-state index < -0.39 is 23.5 Å². The Morgan fingerprint density at radius 3 is 1.68 bits per heavy atom. The fourth-order valence-electron chi connectivity index (χ4n) is 4.33. The third kappa shape index (κ3) is 5.50. The second-order valence-electron chi connectivity index (χ2n) is 8.91. The zero-order valence-corrected chi connectivity index (χ0v) is 19.6. The van der Waals surface area contributed by atoms with Crippen LogP contribution in [0.5, 0.6) is 0 Å². The Morgan fingerprint density at radius 2 is 1.19 bits per heavy atom. The van der Waals surface area contributed by atoms with Crippen LogP contribution in [0.2, 0.25) is 0 Å². The molecule has 1 aliphatic heterocycles. The highest BCUT2D eigenvalue weighted by Gasteiger charge is 2.71. The lowest BCUT2D eigenvalue weighted by Gasteiger charge is -2.34. The van der Waals surface area contributed by atoms with Gasteiger partial charge in [0.1, 0.15) is 0 Å². The summed E-state index contributed by atoms with van der Waals surface area (Å²) in [7, 11) is 0. The standard InChI is InChI=1S/C27H24F6N2O2/c28-26(29,30)25(37,27(31,32)33)23-12-10-21(11-13-23)20-8-6-19(7-9-20)18-34-14-16-35(17-15-34)24(36)22-4-2-1-3-5-22/h1-13,37H,14-18H2. The molecule has 1 aliphatic rings. The van der Waals surface area contributed by atoms with Crippen LogP contribution in [0.15, 0.2) is 78.9 Å². The summed E-state index contributed by atoms with van der Waals surface area (Å²) in [4.78, 5) is 16.6. The van der Waals surface area contributed by atoms with Gasteiger partial charge in [0.2, 0.25) is 0 Å². The van der Waals surface area contributed by atoms with Crippen LogP contribution < -0.4 is 0 Å². The van der Waals surface area contributed by atoms with E-state index in [0.29, 0.717) is 61.5 Å². The SMILES string of the molecule is O=C(c1ccccc1)N1CCN(Cc2ccc(-c3ccc(C(O)(C(F)(F)F)C(F)(F)F)cc3)cc2)CC1. The fourth-order valence-corrected chi connectivity index (χ4v) is 4.33. The van der Waals surface area contributed by atoms with E-state index in [2.05, 4.69) is 4.90 Å². The molecule has 37 heavy (non-hydrogen) atoms. The van der Waals surface area contributed by atoms with Crippen molar-refractivity contribution in [2.45, 2.75) is 24.5 Å². The summed E-state index contributed by atoms with van der Waals surface area (Å²) in [5.74, 6) is -0.000437. The molecule has 1 N–H and O–H groups in total. The maximum Gasteiger partial charge on any atom is 0.430 e. The van der Waals surface area contributed by atoms with E-state index in [1.165, 1.54) is 0 Å². The normalized spacial score (nSPS) is 15.6. The van der Waals surface area contributed by atoms with Gasteiger partial charge >= 0.3 is 12.4 Å². The highest BCUT2D eigenvalue weighted by Crippen LogP contribution is 2.50. The first-order valence-electron chi connectivity index (χ1n) is 11.5. The van der Waals surface area contributed by atoms with Crippen LogP contribution in [0.25, 0.3) is 11.1 Å². The van der Waals surface area contributed by atoms with E-state index in [0.717, 1.165) is 17.7 Å². The average Bonchev–Trinajstić information content (AvgIpc) is 2.88. The van der Waals surface area contributed by atoms with E-state index >= 15 is 0 Å². The summed E-state index contributed by atoms with van der Waals surface area (Å²) in [6.45, 7) is 3.23. The number of rotatable bonds is 5. The van der Waals surface area contributed by atoms with Gasteiger partial charge in [-0.1, -0.05) is 66.7 Å². The number of carbonyl (C=O) groups excluding carboxylic acids is 1. The van der Waals surface area contributed by atoms with Gasteiger partial charge in [-0.3, -0.25) is 9.69 Å². The Bertz CT molecular complexity index is 1190. The average molecular weight is 522 g/mol. The molecule has 0 unspecified atom stereocenters. The highest BCUT2D eigenvalue weighted by atomic mass is 19.4. The number of piperazine rings is 1. The molecule has 0 saturated carbocycles. The van der Waals surface area contributed by atoms with Gasteiger partial charge in [-0.15, -0.1) is 0 Å². The van der Waals surface area contributed by atoms with Crippen LogP contribution in [0.1, 0.15) is 21.5 Å². The zero-order valence-electron chi connectivity index (χ0n) is 19.6. The smallest absolute Gasteiger partial charge is 0.369 e. The third-order valence-corrected chi connectivity index (χ3v) is 6.50. The third-order valence-electron chi connectivity index (χ3n) is 6.50. The number of amides is 1. The van der Waals surface area contributed by atoms with Gasteiger partial charge in [0.15, 0.2) is 0 Å². The molecule has 0 atom stereocenters. The Hall–Kier alpha value is -3.37. The van der Waals surface area contributed by atoms with Crippen molar-refractivity contribution >= 4 is 5.91 Å². The van der Waals surface area contributed by atoms with Crippen molar-refractivity contribution in [2.24, 2.45) is 0 Å². The van der Waals surface area contributed by atoms with Gasteiger partial charge in [0.25, 0.3) is 11.5 Å². The lowest BCUT2D eigenvalue weighted by atomic mass is 9.90. The van der Waals surface area contributed by atoms with Gasteiger partial charge in [-0.05, 0) is 28.8 Å². The molecule has 0 aliphatic carbocycles. The van der Waals surface area contributed by atoms with Crippen molar-refractivity contribution in [3.8, 4) is 11.1 Å². The van der Waals surface area contributed by atoms with Gasteiger partial charge in [0, 0.05) is 43.9 Å². The summed E-state index contributed by atoms with van der Waals surface area (Å²) in [6.07, 6.45) is -11.8. The first-order chi connectivity index (χ1) is 17.4. The predicted octanol–water partition coefficient (Wildman–Crippen LogP) is 5.62. The number of hydrogen-bond donors (Lipinski definition) is 1. The van der Waals surface area contributed by atoms with E-state index in [1.54, 1.807) is 24.3 Å². The molecule has 1 amide bonds. The van der Waals surface area contributed by atoms with E-state index in [1.807, 2.05) is 35.2 Å². The monoisotopic (exact) mass is 522 g/mol. The minimum absolute atomic E-state index is 0.000437. The molecule has 1 saturated heterocycles. The van der Waals surface area contributed by atoms with Crippen molar-refractivity contribution in [3.05, 3.63) is 95.6 Å². The molecule has 1 fully saturated rings. The number of carbonyl (C=O) groups is 1. The number of benzene rings is 3. The molecule has 0 bridgehead atoms. The molecular weight excluding hydrogens is 498 g/mol. The van der Waals surface area contributed by atoms with Gasteiger partial charge in [0.05, 0.1) is 0 Å². The zero-order chi connectivity index (χ0) is 26.8. The topological polar surface area (TPSA) is 43.8 Å². The Morgan fingerprint density at radius 1 is 0.703 bits per heavy atom. The molecule has 10 heteroatoms. The van der Waals surface area contributed by atoms with Crippen LogP contribution in [0.3, 0.4) is 0 Å². The molecule has 0 aromatic heterocycles. The molecule has 196 valence electrons. The van der Waals surface area contributed by atoms with Crippen molar-refractivity contribution < 1.29 is 36.2 Å². The van der Waals surface area contributed by atoms with E-state index in [-0.39, 0.29) is 5.91 Å². The minimum atomic E-state index is -5.92. The Kier molecular flexibility index (Phi) is 7.34. The van der Waals surface area contributed by atoms with Crippen molar-refractivity contribution in [3.63, 3.8) is 0 Å². The summed E-state index contributed by atoms with van der Waals surface area (Å²) >= 11 is 0. The molecule has 1 heterocycles. The van der Waals surface area contributed by atoms with E-state index in [4.69, 9.17) is 0 Å². The van der Waals surface area contributed by atoms with Crippen molar-refractivity contribution in [1.82, 2.24) is 9.80 Å². The van der Waals surface area contributed by atoms with Crippen molar-refractivity contribution in [1.29, 1.82) is 0 Å². The Labute approximate surface area is 209 Å². The highest BCUT2D eigenvalue weighted by molar-refractivity contribution is 5.94. The first kappa shape index (κ1) is 26.7. The lowest BCUT2D eigenvalue weighted by Crippen LogP contribution is -2.53. The molecule has 0 spiro atoms. The summed E-state index contributed by atoms with van der Waals surface area (Å²) in [5.41, 5.74) is -3.59. The number of halogens is 6. The maximum atomic E-state index is 13.1. The molecule has 4 rings (SSSR count). The van der Waals surface area contributed by atoms with Crippen molar-refractivity contribution in [2.75, 3.05) is 26.2 Å². The van der Waals surface area contributed by atoms with Gasteiger partial charge in [-0.2, -0.15) is 26.3 Å². The molecule has 4 nitrogen and oxygen atoms in total. The number of alkyl halides is 6. The van der Waals surface area contributed by atoms with Gasteiger partial charge < -0.3 is 10.0 Å². The van der Waals surface area contributed by atoms with Crippen LogP contribution in [0, 0.1) is 0 Å². The molecule has 3 aromatic rings. The largest absolute Gasteiger partial charge is 0.430 e. The lowest BCUT2D eigenvalue weighted by molar-refractivity contribution is -0.376. The number of aliphatic hydroxyl groups is 1. The van der Waals surface area contributed by atoms with Gasteiger partial charge in [-0.25, -0.2) is 0 Å². The minimum Gasteiger partial charge on any atom is -0.369 e. The second-order valence-corrected chi connectivity index (χ2v) is 8.91. The molecular formula is C27H24F6N2O2. The predicted molar refractivity (Wildman–Crippen MR) is 126 cm³/mol. The summed E-state index contributed by atoms with van der Waals surface area (Å²) < 4.78 is 78.6. The second kappa shape index (κ2) is 10.2. The fraction of sp³-hybridized carbons (Fsp3) is 0.296. The number of hydrogen-bond acceptors (Lipinski definition) is 3. The quantitative estimate of drug-likeness (QED) is 0.443. The molecule has 0 radical (unpaired) electrons. The van der Waals surface area contributed by atoms with Crippen LogP contribution >= 0.6 is 0 Å². The van der Waals surface area contributed by atoms with E-state index in [9.17, 15) is 36.2 Å². The summed E-state index contributed by atoms with van der Waals surface area (Å²) in [6, 6.07) is 19.8. The molecule has 3 aromatic carbocycles. The van der Waals surface area contributed by atoms with Crippen LogP contribution in [0.4, 0.5) is 26.3 Å². The maximum absolute atomic E-state index is 13.1. The van der Waals surface area contributed by atoms with Crippen LogP contribution in [-0.4, -0.2) is 59.3 Å². The van der Waals surface area contributed by atoms with Crippen LogP contribution in [-0.2, 0) is 12.1 Å².